The molecular weight excluding hydrogens is 318 g/mol. The van der Waals surface area contributed by atoms with Crippen LogP contribution in [-0.2, 0) is 11.3 Å². The lowest BCUT2D eigenvalue weighted by molar-refractivity contribution is 0.0164. The molecule has 1 fully saturated rings. The highest BCUT2D eigenvalue weighted by Crippen LogP contribution is 2.13. The van der Waals surface area contributed by atoms with Crippen LogP contribution in [0.15, 0.2) is 24.3 Å². The summed E-state index contributed by atoms with van der Waals surface area (Å²) in [6, 6.07) is 7.35. The molecular formula is C19H29N3O3. The second kappa shape index (κ2) is 9.42. The summed E-state index contributed by atoms with van der Waals surface area (Å²) in [6.45, 7) is 8.29. The van der Waals surface area contributed by atoms with E-state index in [1.807, 2.05) is 39.0 Å². The van der Waals surface area contributed by atoms with Crippen molar-refractivity contribution in [3.8, 4) is 0 Å². The van der Waals surface area contributed by atoms with Crippen molar-refractivity contribution < 1.29 is 14.3 Å². The van der Waals surface area contributed by atoms with E-state index >= 15 is 0 Å². The molecule has 1 saturated heterocycles. The van der Waals surface area contributed by atoms with Crippen LogP contribution in [0.2, 0.25) is 0 Å². The fourth-order valence-electron chi connectivity index (χ4n) is 2.95. The quantitative estimate of drug-likeness (QED) is 0.831. The Morgan fingerprint density at radius 2 is 2.16 bits per heavy atom. The molecule has 0 spiro atoms. The predicted octanol–water partition coefficient (Wildman–Crippen LogP) is 2.54. The van der Waals surface area contributed by atoms with Gasteiger partial charge in [0.2, 0.25) is 0 Å². The van der Waals surface area contributed by atoms with E-state index in [9.17, 15) is 9.59 Å². The van der Waals surface area contributed by atoms with Crippen LogP contribution in [0.3, 0.4) is 0 Å². The molecule has 0 unspecified atom stereocenters. The first-order valence-corrected chi connectivity index (χ1v) is 9.03. The van der Waals surface area contributed by atoms with Crippen molar-refractivity contribution in [2.75, 3.05) is 19.7 Å². The van der Waals surface area contributed by atoms with Gasteiger partial charge in [-0.25, -0.2) is 4.79 Å². The van der Waals surface area contributed by atoms with Crippen molar-refractivity contribution in [1.82, 2.24) is 15.5 Å². The summed E-state index contributed by atoms with van der Waals surface area (Å²) in [5.74, 6) is -0.0984. The predicted molar refractivity (Wildman–Crippen MR) is 97.5 cm³/mol. The molecule has 25 heavy (non-hydrogen) atoms. The molecule has 0 saturated carbocycles. The molecule has 1 heterocycles. The highest BCUT2D eigenvalue weighted by atomic mass is 16.5. The van der Waals surface area contributed by atoms with Gasteiger partial charge in [0.05, 0.1) is 6.10 Å². The van der Waals surface area contributed by atoms with E-state index in [4.69, 9.17) is 4.74 Å². The molecule has 0 radical (unpaired) electrons. The van der Waals surface area contributed by atoms with Crippen LogP contribution in [0.1, 0.15) is 49.5 Å². The fraction of sp³-hybridized carbons (Fsp3) is 0.579. The first kappa shape index (κ1) is 19.2. The zero-order valence-electron chi connectivity index (χ0n) is 15.4. The smallest absolute Gasteiger partial charge is 0.317 e. The standard InChI is InChI=1S/C19H29N3O3/c1-4-25-17-9-6-10-22(13-17)19(24)20-12-15-7-5-8-16(11-15)18(23)21-14(2)3/h5,7-8,11,14,17H,4,6,9-10,12-13H2,1-3H3,(H,20,24)(H,21,23)/t17-/m0/s1. The van der Waals surface area contributed by atoms with E-state index in [1.165, 1.54) is 0 Å². The van der Waals surface area contributed by atoms with Gasteiger partial charge in [-0.05, 0) is 51.3 Å². The average molecular weight is 347 g/mol. The van der Waals surface area contributed by atoms with E-state index in [2.05, 4.69) is 10.6 Å². The van der Waals surface area contributed by atoms with Crippen molar-refractivity contribution >= 4 is 11.9 Å². The summed E-state index contributed by atoms with van der Waals surface area (Å²) < 4.78 is 5.63. The van der Waals surface area contributed by atoms with Crippen molar-refractivity contribution in [3.05, 3.63) is 35.4 Å². The normalized spacial score (nSPS) is 17.4. The van der Waals surface area contributed by atoms with Gasteiger partial charge in [0.1, 0.15) is 0 Å². The van der Waals surface area contributed by atoms with E-state index in [0.717, 1.165) is 24.9 Å². The molecule has 0 aromatic heterocycles. The number of urea groups is 1. The van der Waals surface area contributed by atoms with Gasteiger partial charge in [-0.1, -0.05) is 12.1 Å². The van der Waals surface area contributed by atoms with E-state index < -0.39 is 0 Å². The number of ether oxygens (including phenoxy) is 1. The van der Waals surface area contributed by atoms with Gasteiger partial charge in [-0.2, -0.15) is 0 Å². The molecule has 1 atom stereocenters. The van der Waals surface area contributed by atoms with Crippen LogP contribution >= 0.6 is 0 Å². The number of nitrogens with zero attached hydrogens (tertiary/aromatic N) is 1. The van der Waals surface area contributed by atoms with Crippen molar-refractivity contribution in [2.24, 2.45) is 0 Å². The van der Waals surface area contributed by atoms with E-state index in [0.29, 0.717) is 25.3 Å². The maximum absolute atomic E-state index is 12.4. The monoisotopic (exact) mass is 347 g/mol. The van der Waals surface area contributed by atoms with E-state index in [1.54, 1.807) is 11.0 Å². The second-order valence-electron chi connectivity index (χ2n) is 6.65. The summed E-state index contributed by atoms with van der Waals surface area (Å²) >= 11 is 0. The highest BCUT2D eigenvalue weighted by Gasteiger charge is 2.23. The SMILES string of the molecule is CCO[C@H]1CCCN(C(=O)NCc2cccc(C(=O)NC(C)C)c2)C1. The van der Waals surface area contributed by atoms with Gasteiger partial charge >= 0.3 is 6.03 Å². The molecule has 0 aliphatic carbocycles. The minimum atomic E-state index is -0.0984. The number of piperidine rings is 1. The molecule has 6 nitrogen and oxygen atoms in total. The fourth-order valence-corrected chi connectivity index (χ4v) is 2.95. The van der Waals surface area contributed by atoms with E-state index in [-0.39, 0.29) is 24.1 Å². The number of hydrogen-bond acceptors (Lipinski definition) is 3. The molecule has 1 aromatic rings. The number of hydrogen-bond donors (Lipinski definition) is 2. The third kappa shape index (κ3) is 6.05. The number of amides is 3. The molecule has 6 heteroatoms. The van der Waals surface area contributed by atoms with Gasteiger partial charge in [0.15, 0.2) is 0 Å². The van der Waals surface area contributed by atoms with Crippen LogP contribution in [0.5, 0.6) is 0 Å². The van der Waals surface area contributed by atoms with Crippen LogP contribution in [0, 0.1) is 0 Å². The molecule has 1 aromatic carbocycles. The Labute approximate surface area is 149 Å². The zero-order valence-corrected chi connectivity index (χ0v) is 15.4. The maximum atomic E-state index is 12.4. The Hall–Kier alpha value is -2.08. The topological polar surface area (TPSA) is 70.7 Å². The Bertz CT molecular complexity index is 587. The summed E-state index contributed by atoms with van der Waals surface area (Å²) in [7, 11) is 0. The molecule has 2 rings (SSSR count). The second-order valence-corrected chi connectivity index (χ2v) is 6.65. The molecule has 0 bridgehead atoms. The number of benzene rings is 1. The maximum Gasteiger partial charge on any atom is 0.317 e. The highest BCUT2D eigenvalue weighted by molar-refractivity contribution is 5.94. The van der Waals surface area contributed by atoms with Crippen LogP contribution in [-0.4, -0.2) is 48.7 Å². The zero-order chi connectivity index (χ0) is 18.2. The third-order valence-corrected chi connectivity index (χ3v) is 4.12. The van der Waals surface area contributed by atoms with Crippen molar-refractivity contribution in [2.45, 2.75) is 52.3 Å². The largest absolute Gasteiger partial charge is 0.377 e. The summed E-state index contributed by atoms with van der Waals surface area (Å²) in [6.07, 6.45) is 2.10. The molecule has 1 aliphatic rings. The summed E-state index contributed by atoms with van der Waals surface area (Å²) in [5.41, 5.74) is 1.51. The first-order chi connectivity index (χ1) is 12.0. The lowest BCUT2D eigenvalue weighted by Gasteiger charge is -2.32. The Balaban J connectivity index is 1.88. The molecule has 3 amide bonds. The number of carbonyl (C=O) groups excluding carboxylic acids is 2. The minimum Gasteiger partial charge on any atom is -0.377 e. The van der Waals surface area contributed by atoms with Crippen LogP contribution in [0.25, 0.3) is 0 Å². The van der Waals surface area contributed by atoms with Gasteiger partial charge < -0.3 is 20.3 Å². The minimum absolute atomic E-state index is 0.0820. The van der Waals surface area contributed by atoms with Gasteiger partial charge in [0.25, 0.3) is 5.91 Å². The van der Waals surface area contributed by atoms with Gasteiger partial charge in [-0.3, -0.25) is 4.79 Å². The van der Waals surface area contributed by atoms with Crippen LogP contribution < -0.4 is 10.6 Å². The lowest BCUT2D eigenvalue weighted by Crippen LogP contribution is -2.47. The molecule has 138 valence electrons. The first-order valence-electron chi connectivity index (χ1n) is 9.03. The van der Waals surface area contributed by atoms with Crippen molar-refractivity contribution in [1.29, 1.82) is 0 Å². The Morgan fingerprint density at radius 1 is 1.36 bits per heavy atom. The van der Waals surface area contributed by atoms with Gasteiger partial charge in [0, 0.05) is 37.8 Å². The average Bonchev–Trinajstić information content (AvgIpc) is 2.60. The lowest BCUT2D eigenvalue weighted by atomic mass is 10.1. The number of nitrogens with one attached hydrogen (secondary N) is 2. The Morgan fingerprint density at radius 3 is 2.88 bits per heavy atom. The summed E-state index contributed by atoms with van der Waals surface area (Å²) in [4.78, 5) is 26.2. The number of carbonyl (C=O) groups is 2. The van der Waals surface area contributed by atoms with Gasteiger partial charge in [-0.15, -0.1) is 0 Å². The number of rotatable bonds is 6. The molecule has 1 aliphatic heterocycles. The Kier molecular flexibility index (Phi) is 7.25. The van der Waals surface area contributed by atoms with Crippen LogP contribution in [0.4, 0.5) is 4.79 Å². The van der Waals surface area contributed by atoms with Crippen molar-refractivity contribution in [3.63, 3.8) is 0 Å². The summed E-state index contributed by atoms with van der Waals surface area (Å²) in [5, 5.41) is 5.81. The molecule has 2 N–H and O–H groups in total. The third-order valence-electron chi connectivity index (χ3n) is 4.12. The number of likely N-dealkylation sites (tertiary alicyclic amines) is 1.